The smallest absolute Gasteiger partial charge is 0.241 e. The lowest BCUT2D eigenvalue weighted by atomic mass is 10.00. The fraction of sp³-hybridized carbons (Fsp3) is 0.938. The van der Waals surface area contributed by atoms with Gasteiger partial charge in [-0.2, -0.15) is 26.3 Å². The molecule has 23 heavy (non-hydrogen) atoms. The second kappa shape index (κ2) is 11.1. The summed E-state index contributed by atoms with van der Waals surface area (Å²) in [5.41, 5.74) is 0. The summed E-state index contributed by atoms with van der Waals surface area (Å²) in [6.07, 6.45) is 0.905. The van der Waals surface area contributed by atoms with Gasteiger partial charge in [0.1, 0.15) is 0 Å². The molecule has 0 nitrogen and oxygen atoms in total. The van der Waals surface area contributed by atoms with E-state index in [0.29, 0.717) is 12.8 Å². The molecule has 1 radical (unpaired) electrons. The zero-order valence-corrected chi connectivity index (χ0v) is 13.5. The van der Waals surface area contributed by atoms with Crippen LogP contribution in [0.1, 0.15) is 77.6 Å². The standard InChI is InChI=1S/C16H26F7/c1-2-3-4-5-6-7-8-9-10-11-12-13(17)15(20,21)16(22,23)14(18)19/h13H,2-12H2,1H3. The van der Waals surface area contributed by atoms with Crippen molar-refractivity contribution >= 4 is 0 Å². The lowest BCUT2D eigenvalue weighted by Gasteiger charge is -2.27. The second-order valence-electron chi connectivity index (χ2n) is 5.90. The van der Waals surface area contributed by atoms with Crippen LogP contribution in [0.2, 0.25) is 0 Å². The molecule has 0 N–H and O–H groups in total. The Balaban J connectivity index is 3.80. The molecule has 0 aromatic heterocycles. The molecule has 0 aromatic rings. The zero-order valence-electron chi connectivity index (χ0n) is 13.5. The van der Waals surface area contributed by atoms with E-state index in [1.54, 1.807) is 0 Å². The first kappa shape index (κ1) is 22.5. The molecule has 0 fully saturated rings. The normalized spacial score (nSPS) is 14.5. The molecule has 0 saturated carbocycles. The first-order valence-electron chi connectivity index (χ1n) is 8.26. The molecule has 1 atom stereocenters. The summed E-state index contributed by atoms with van der Waals surface area (Å²) in [6, 6.07) is 0. The number of hydrogen-bond acceptors (Lipinski definition) is 0. The van der Waals surface area contributed by atoms with Gasteiger partial charge >= 0.3 is 18.3 Å². The Morgan fingerprint density at radius 3 is 1.52 bits per heavy atom. The van der Waals surface area contributed by atoms with Gasteiger partial charge < -0.3 is 0 Å². The van der Waals surface area contributed by atoms with Crippen LogP contribution in [0.25, 0.3) is 0 Å². The van der Waals surface area contributed by atoms with Gasteiger partial charge in [-0.25, -0.2) is 4.39 Å². The molecule has 139 valence electrons. The number of hydrogen-bond donors (Lipinski definition) is 0. The second-order valence-corrected chi connectivity index (χ2v) is 5.90. The number of halogens is 7. The van der Waals surface area contributed by atoms with E-state index in [1.165, 1.54) is 12.8 Å². The van der Waals surface area contributed by atoms with Crippen LogP contribution in [0.4, 0.5) is 30.7 Å². The highest BCUT2D eigenvalue weighted by Gasteiger charge is 2.68. The van der Waals surface area contributed by atoms with Gasteiger partial charge in [0.05, 0.1) is 0 Å². The molecule has 0 aliphatic carbocycles. The molecule has 1 unspecified atom stereocenters. The Bertz CT molecular complexity index is 292. The molecular formula is C16H26F7. The van der Waals surface area contributed by atoms with E-state index in [2.05, 4.69) is 6.92 Å². The van der Waals surface area contributed by atoms with Gasteiger partial charge in [-0.15, -0.1) is 0 Å². The molecular weight excluding hydrogens is 325 g/mol. The first-order valence-corrected chi connectivity index (χ1v) is 8.26. The summed E-state index contributed by atoms with van der Waals surface area (Å²) in [6.45, 7) is 2.12. The largest absolute Gasteiger partial charge is 0.384 e. The highest BCUT2D eigenvalue weighted by atomic mass is 19.3. The van der Waals surface area contributed by atoms with Crippen molar-refractivity contribution in [3.63, 3.8) is 0 Å². The molecule has 0 bridgehead atoms. The van der Waals surface area contributed by atoms with Gasteiger partial charge in [0.15, 0.2) is 6.17 Å². The quantitative estimate of drug-likeness (QED) is 0.227. The molecule has 0 amide bonds. The molecule has 0 saturated heterocycles. The lowest BCUT2D eigenvalue weighted by Crippen LogP contribution is -2.49. The van der Waals surface area contributed by atoms with E-state index >= 15 is 0 Å². The highest BCUT2D eigenvalue weighted by molar-refractivity contribution is 5.00. The minimum Gasteiger partial charge on any atom is -0.241 e. The van der Waals surface area contributed by atoms with Crippen LogP contribution in [0, 0.1) is 6.43 Å². The number of unbranched alkanes of at least 4 members (excludes halogenated alkanes) is 9. The summed E-state index contributed by atoms with van der Waals surface area (Å²) in [4.78, 5) is 0. The molecule has 0 heterocycles. The van der Waals surface area contributed by atoms with E-state index in [0.717, 1.165) is 32.1 Å². The Hall–Kier alpha value is -0.490. The Kier molecular flexibility index (Phi) is 10.9. The van der Waals surface area contributed by atoms with Crippen molar-refractivity contribution in [1.82, 2.24) is 0 Å². The van der Waals surface area contributed by atoms with E-state index in [9.17, 15) is 30.7 Å². The third-order valence-electron chi connectivity index (χ3n) is 3.86. The summed E-state index contributed by atoms with van der Waals surface area (Å²) < 4.78 is 88.1. The molecule has 0 spiro atoms. The maximum atomic E-state index is 13.2. The topological polar surface area (TPSA) is 0 Å². The van der Waals surface area contributed by atoms with Gasteiger partial charge in [0.2, 0.25) is 0 Å². The Labute approximate surface area is 133 Å². The van der Waals surface area contributed by atoms with Gasteiger partial charge in [0, 0.05) is 0 Å². The Morgan fingerprint density at radius 2 is 1.13 bits per heavy atom. The van der Waals surface area contributed by atoms with Crippen LogP contribution in [0.15, 0.2) is 0 Å². The van der Waals surface area contributed by atoms with Crippen molar-refractivity contribution in [2.45, 2.75) is 95.6 Å². The van der Waals surface area contributed by atoms with Crippen LogP contribution < -0.4 is 0 Å². The fourth-order valence-electron chi connectivity index (χ4n) is 2.31. The van der Waals surface area contributed by atoms with E-state index in [4.69, 9.17) is 0 Å². The van der Waals surface area contributed by atoms with Crippen LogP contribution in [0.5, 0.6) is 0 Å². The molecule has 0 rings (SSSR count). The van der Waals surface area contributed by atoms with Gasteiger partial charge in [-0.3, -0.25) is 0 Å². The summed E-state index contributed by atoms with van der Waals surface area (Å²) >= 11 is 0. The van der Waals surface area contributed by atoms with Crippen molar-refractivity contribution < 1.29 is 30.7 Å². The maximum absolute atomic E-state index is 13.2. The van der Waals surface area contributed by atoms with Crippen LogP contribution >= 0.6 is 0 Å². The van der Waals surface area contributed by atoms with Crippen molar-refractivity contribution in [2.24, 2.45) is 0 Å². The van der Waals surface area contributed by atoms with Crippen LogP contribution in [-0.4, -0.2) is 18.0 Å². The minimum atomic E-state index is -5.72. The first-order chi connectivity index (χ1) is 10.7. The van der Waals surface area contributed by atoms with Crippen LogP contribution in [0.3, 0.4) is 0 Å². The Morgan fingerprint density at radius 1 is 0.739 bits per heavy atom. The van der Waals surface area contributed by atoms with Crippen molar-refractivity contribution in [3.8, 4) is 0 Å². The maximum Gasteiger partial charge on any atom is 0.384 e. The fourth-order valence-corrected chi connectivity index (χ4v) is 2.31. The van der Waals surface area contributed by atoms with Crippen LogP contribution in [-0.2, 0) is 0 Å². The number of rotatable bonds is 14. The average Bonchev–Trinajstić information content (AvgIpc) is 2.48. The third kappa shape index (κ3) is 7.75. The number of alkyl halides is 5. The van der Waals surface area contributed by atoms with Gasteiger partial charge in [-0.05, 0) is 6.42 Å². The predicted octanol–water partition coefficient (Wildman–Crippen LogP) is 7.33. The van der Waals surface area contributed by atoms with E-state index < -0.39 is 30.9 Å². The monoisotopic (exact) mass is 351 g/mol. The summed E-state index contributed by atoms with van der Waals surface area (Å²) in [5, 5.41) is 0. The summed E-state index contributed by atoms with van der Waals surface area (Å²) in [7, 11) is 0. The van der Waals surface area contributed by atoms with Crippen molar-refractivity contribution in [1.29, 1.82) is 0 Å². The van der Waals surface area contributed by atoms with Gasteiger partial charge in [-0.1, -0.05) is 71.1 Å². The van der Waals surface area contributed by atoms with Crippen molar-refractivity contribution in [2.75, 3.05) is 0 Å². The van der Waals surface area contributed by atoms with Crippen molar-refractivity contribution in [3.05, 3.63) is 6.43 Å². The molecule has 0 aliphatic heterocycles. The molecule has 7 heteroatoms. The van der Waals surface area contributed by atoms with Gasteiger partial charge in [0.25, 0.3) is 0 Å². The predicted molar refractivity (Wildman–Crippen MR) is 76.7 cm³/mol. The zero-order chi connectivity index (χ0) is 17.9. The van der Waals surface area contributed by atoms with E-state index in [-0.39, 0.29) is 6.42 Å². The molecule has 0 aliphatic rings. The third-order valence-corrected chi connectivity index (χ3v) is 3.86. The molecule has 0 aromatic carbocycles. The highest BCUT2D eigenvalue weighted by Crippen LogP contribution is 2.46. The SMILES string of the molecule is CCCCCCCCCCCCC(F)C(F)(F)C(F)(F)[C](F)F. The summed E-state index contributed by atoms with van der Waals surface area (Å²) in [5.74, 6) is -11.1. The van der Waals surface area contributed by atoms with E-state index in [1.807, 2.05) is 0 Å². The average molecular weight is 351 g/mol. The lowest BCUT2D eigenvalue weighted by molar-refractivity contribution is -0.255. The minimum absolute atomic E-state index is 0.0173.